The van der Waals surface area contributed by atoms with Gasteiger partial charge in [-0.05, 0) is 35.9 Å². The zero-order valence-electron chi connectivity index (χ0n) is 13.1. The average molecular weight is 313 g/mol. The molecule has 2 rings (SSSR count). The fourth-order valence-corrected chi connectivity index (χ4v) is 1.88. The number of amides is 1. The second-order valence-corrected chi connectivity index (χ2v) is 4.59. The molecule has 0 aliphatic rings. The highest BCUT2D eigenvalue weighted by Gasteiger charge is 2.08. The van der Waals surface area contributed by atoms with Gasteiger partial charge in [0.05, 0.1) is 13.3 Å². The Balaban J connectivity index is 1.97. The van der Waals surface area contributed by atoms with Crippen molar-refractivity contribution in [2.75, 3.05) is 26.1 Å². The summed E-state index contributed by atoms with van der Waals surface area (Å²) in [6.45, 7) is -0.102. The van der Waals surface area contributed by atoms with Crippen molar-refractivity contribution < 1.29 is 14.3 Å². The first kappa shape index (κ1) is 16.4. The molecular weight excluding hydrogens is 294 g/mol. The van der Waals surface area contributed by atoms with Gasteiger partial charge in [0.2, 0.25) is 0 Å². The van der Waals surface area contributed by atoms with Crippen LogP contribution in [-0.2, 0) is 4.79 Å². The summed E-state index contributed by atoms with van der Waals surface area (Å²) in [4.78, 5) is 11.9. The number of rotatable bonds is 7. The number of para-hydroxylation sites is 1. The number of carbonyl (C=O) groups excluding carboxylic acids is 1. The lowest BCUT2D eigenvalue weighted by molar-refractivity contribution is -0.118. The van der Waals surface area contributed by atoms with E-state index < -0.39 is 0 Å². The summed E-state index contributed by atoms with van der Waals surface area (Å²) in [5, 5.41) is 6.69. The van der Waals surface area contributed by atoms with E-state index in [1.807, 2.05) is 36.4 Å². The van der Waals surface area contributed by atoms with Gasteiger partial charge < -0.3 is 20.2 Å². The van der Waals surface area contributed by atoms with Gasteiger partial charge in [-0.2, -0.15) is 5.10 Å². The first-order valence-corrected chi connectivity index (χ1v) is 7.08. The number of hydrazone groups is 1. The van der Waals surface area contributed by atoms with Crippen molar-refractivity contribution >= 4 is 17.8 Å². The molecule has 0 aromatic heterocycles. The smallest absolute Gasteiger partial charge is 0.262 e. The molecule has 0 aliphatic heterocycles. The molecular formula is C17H19N3O3. The lowest BCUT2D eigenvalue weighted by Gasteiger charge is -2.11. The molecule has 120 valence electrons. The van der Waals surface area contributed by atoms with Crippen LogP contribution in [0.25, 0.3) is 0 Å². The number of ether oxygens (including phenoxy) is 2. The van der Waals surface area contributed by atoms with E-state index in [1.165, 1.54) is 0 Å². The Kier molecular flexibility index (Phi) is 5.99. The maximum Gasteiger partial charge on any atom is 0.262 e. The summed E-state index contributed by atoms with van der Waals surface area (Å²) in [5.41, 5.74) is 4.26. The Morgan fingerprint density at radius 3 is 2.65 bits per heavy atom. The molecule has 0 unspecified atom stereocenters. The Morgan fingerprint density at radius 2 is 1.96 bits per heavy atom. The van der Waals surface area contributed by atoms with Gasteiger partial charge in [0.25, 0.3) is 5.91 Å². The van der Waals surface area contributed by atoms with Gasteiger partial charge in [0.1, 0.15) is 0 Å². The molecule has 2 aromatic rings. The predicted octanol–water partition coefficient (Wildman–Crippen LogP) is 2.27. The van der Waals surface area contributed by atoms with E-state index in [-0.39, 0.29) is 12.5 Å². The summed E-state index contributed by atoms with van der Waals surface area (Å²) >= 11 is 0. The van der Waals surface area contributed by atoms with Crippen molar-refractivity contribution in [1.82, 2.24) is 5.43 Å². The minimum Gasteiger partial charge on any atom is -0.493 e. The van der Waals surface area contributed by atoms with Gasteiger partial charge in [0.15, 0.2) is 18.1 Å². The van der Waals surface area contributed by atoms with Gasteiger partial charge in [-0.1, -0.05) is 18.2 Å². The molecule has 0 saturated heterocycles. The summed E-state index contributed by atoms with van der Waals surface area (Å²) in [5.74, 6) is 0.800. The monoisotopic (exact) mass is 313 g/mol. The van der Waals surface area contributed by atoms with E-state index in [9.17, 15) is 4.79 Å². The van der Waals surface area contributed by atoms with Crippen LogP contribution in [0.1, 0.15) is 5.56 Å². The lowest BCUT2D eigenvalue weighted by atomic mass is 10.2. The quantitative estimate of drug-likeness (QED) is 0.607. The number of benzene rings is 2. The molecule has 0 bridgehead atoms. The molecule has 0 saturated carbocycles. The first-order valence-electron chi connectivity index (χ1n) is 7.08. The van der Waals surface area contributed by atoms with Crippen LogP contribution >= 0.6 is 0 Å². The van der Waals surface area contributed by atoms with Crippen LogP contribution < -0.4 is 20.2 Å². The van der Waals surface area contributed by atoms with E-state index in [1.54, 1.807) is 32.5 Å². The lowest BCUT2D eigenvalue weighted by Crippen LogP contribution is -2.20. The van der Waals surface area contributed by atoms with Gasteiger partial charge in [-0.25, -0.2) is 0 Å². The maximum absolute atomic E-state index is 11.9. The topological polar surface area (TPSA) is 72.0 Å². The maximum atomic E-state index is 11.9. The zero-order valence-corrected chi connectivity index (χ0v) is 13.1. The van der Waals surface area contributed by atoms with E-state index in [0.29, 0.717) is 11.5 Å². The average Bonchev–Trinajstić information content (AvgIpc) is 2.59. The molecule has 0 heterocycles. The molecule has 0 fully saturated rings. The van der Waals surface area contributed by atoms with Gasteiger partial charge in [-0.15, -0.1) is 0 Å². The van der Waals surface area contributed by atoms with Crippen LogP contribution in [-0.4, -0.2) is 32.9 Å². The number of nitrogens with one attached hydrogen (secondary N) is 2. The number of methoxy groups -OCH3 is 1. The minimum atomic E-state index is -0.237. The number of hydrogen-bond donors (Lipinski definition) is 2. The zero-order chi connectivity index (χ0) is 16.5. The van der Waals surface area contributed by atoms with Crippen molar-refractivity contribution in [2.24, 2.45) is 5.10 Å². The third-order valence-corrected chi connectivity index (χ3v) is 2.95. The Morgan fingerprint density at radius 1 is 1.17 bits per heavy atom. The second-order valence-electron chi connectivity index (χ2n) is 4.59. The van der Waals surface area contributed by atoms with Crippen molar-refractivity contribution in [2.45, 2.75) is 0 Å². The molecule has 0 aliphatic carbocycles. The summed E-state index contributed by atoms with van der Waals surface area (Å²) < 4.78 is 10.8. The molecule has 1 amide bonds. The van der Waals surface area contributed by atoms with Crippen molar-refractivity contribution in [3.05, 3.63) is 54.1 Å². The molecule has 6 nitrogen and oxygen atoms in total. The number of carbonyl (C=O) groups is 1. The largest absolute Gasteiger partial charge is 0.493 e. The first-order chi connectivity index (χ1) is 11.2. The summed E-state index contributed by atoms with van der Waals surface area (Å²) in [6.07, 6.45) is 1.66. The van der Waals surface area contributed by atoms with Crippen LogP contribution in [0.2, 0.25) is 0 Å². The number of hydrogen-bond acceptors (Lipinski definition) is 5. The molecule has 0 atom stereocenters. The standard InChI is InChI=1S/C17H19N3O3/c1-18-19-11-13-8-9-15(16(10-13)22-2)23-12-17(21)20-14-6-4-3-5-7-14/h3-11,18H,12H2,1-2H3,(H,20,21)/b19-11+. The number of nitrogens with zero attached hydrogens (tertiary/aromatic N) is 1. The molecule has 6 heteroatoms. The molecule has 2 aromatic carbocycles. The van der Waals surface area contributed by atoms with Crippen LogP contribution in [0, 0.1) is 0 Å². The highest BCUT2D eigenvalue weighted by Crippen LogP contribution is 2.27. The van der Waals surface area contributed by atoms with E-state index in [4.69, 9.17) is 9.47 Å². The van der Waals surface area contributed by atoms with Crippen molar-refractivity contribution in [3.8, 4) is 11.5 Å². The normalized spacial score (nSPS) is 10.3. The highest BCUT2D eigenvalue weighted by atomic mass is 16.5. The second kappa shape index (κ2) is 8.43. The summed E-state index contributed by atoms with van der Waals surface area (Å²) in [6, 6.07) is 14.6. The van der Waals surface area contributed by atoms with E-state index in [0.717, 1.165) is 11.3 Å². The number of anilines is 1. The van der Waals surface area contributed by atoms with E-state index in [2.05, 4.69) is 15.8 Å². The van der Waals surface area contributed by atoms with Crippen LogP contribution in [0.4, 0.5) is 5.69 Å². The van der Waals surface area contributed by atoms with Gasteiger partial charge in [0, 0.05) is 12.7 Å². The van der Waals surface area contributed by atoms with Gasteiger partial charge >= 0.3 is 0 Å². The van der Waals surface area contributed by atoms with Crippen LogP contribution in [0.15, 0.2) is 53.6 Å². The Hall–Kier alpha value is -3.02. The molecule has 2 N–H and O–H groups in total. The molecule has 0 spiro atoms. The SMILES string of the molecule is CN/N=C/c1ccc(OCC(=O)Nc2ccccc2)c(OC)c1. The van der Waals surface area contributed by atoms with Crippen molar-refractivity contribution in [1.29, 1.82) is 0 Å². The fourth-order valence-electron chi connectivity index (χ4n) is 1.88. The summed E-state index contributed by atoms with van der Waals surface area (Å²) in [7, 11) is 3.27. The third-order valence-electron chi connectivity index (χ3n) is 2.95. The predicted molar refractivity (Wildman–Crippen MR) is 90.2 cm³/mol. The Bertz CT molecular complexity index is 672. The highest BCUT2D eigenvalue weighted by molar-refractivity contribution is 5.91. The molecule has 0 radical (unpaired) electrons. The third kappa shape index (κ3) is 5.03. The fraction of sp³-hybridized carbons (Fsp3) is 0.176. The minimum absolute atomic E-state index is 0.102. The van der Waals surface area contributed by atoms with E-state index >= 15 is 0 Å². The van der Waals surface area contributed by atoms with Crippen molar-refractivity contribution in [3.63, 3.8) is 0 Å². The Labute approximate surface area is 135 Å². The van der Waals surface area contributed by atoms with Crippen LogP contribution in [0.5, 0.6) is 11.5 Å². The van der Waals surface area contributed by atoms with Gasteiger partial charge in [-0.3, -0.25) is 4.79 Å². The van der Waals surface area contributed by atoms with Crippen LogP contribution in [0.3, 0.4) is 0 Å². The molecule has 23 heavy (non-hydrogen) atoms.